The van der Waals surface area contributed by atoms with Crippen molar-refractivity contribution < 1.29 is 19.4 Å². The van der Waals surface area contributed by atoms with Crippen LogP contribution in [0.1, 0.15) is 48.9 Å². The standard InChI is InChI=1S/C25H30N2O4S/c1-17(20-7-5-8-22(14-20)30-15-18-9-10-18)27-32-11-4-2-3-6-19-12-21-16-31-25(29)26-24(21)23(28)13-19/h2-3,5,7-8,12-14,17-18,27-28H,4,6,9-11,15-16H2,1H3,(H,26,29)/b3-2+/t17-/m1/s1. The van der Waals surface area contributed by atoms with E-state index in [0.29, 0.717) is 5.69 Å². The summed E-state index contributed by atoms with van der Waals surface area (Å²) in [6.07, 6.45) is 7.99. The van der Waals surface area contributed by atoms with E-state index in [9.17, 15) is 9.90 Å². The third-order valence-corrected chi connectivity index (χ3v) is 6.51. The molecule has 1 saturated carbocycles. The van der Waals surface area contributed by atoms with Gasteiger partial charge in [0.25, 0.3) is 0 Å². The number of amides is 1. The Kier molecular flexibility index (Phi) is 7.60. The van der Waals surface area contributed by atoms with Crippen LogP contribution in [-0.2, 0) is 17.8 Å². The van der Waals surface area contributed by atoms with Gasteiger partial charge in [-0.2, -0.15) is 0 Å². The molecule has 7 heteroatoms. The maximum Gasteiger partial charge on any atom is 0.412 e. The summed E-state index contributed by atoms with van der Waals surface area (Å²) in [7, 11) is 0. The number of rotatable bonds is 11. The largest absolute Gasteiger partial charge is 0.506 e. The molecule has 0 aromatic heterocycles. The second-order valence-electron chi connectivity index (χ2n) is 8.33. The lowest BCUT2D eigenvalue weighted by molar-refractivity contribution is 0.151. The summed E-state index contributed by atoms with van der Waals surface area (Å²) >= 11 is 1.72. The van der Waals surface area contributed by atoms with Gasteiger partial charge in [0, 0.05) is 17.4 Å². The molecular formula is C25H30N2O4S. The molecule has 3 N–H and O–H groups in total. The molecule has 0 spiro atoms. The van der Waals surface area contributed by atoms with E-state index in [1.54, 1.807) is 18.0 Å². The summed E-state index contributed by atoms with van der Waals surface area (Å²) in [5, 5.41) is 12.7. The first-order chi connectivity index (χ1) is 15.6. The van der Waals surface area contributed by atoms with Crippen molar-refractivity contribution in [3.05, 3.63) is 65.2 Å². The van der Waals surface area contributed by atoms with Crippen LogP contribution < -0.4 is 14.8 Å². The zero-order valence-corrected chi connectivity index (χ0v) is 19.1. The van der Waals surface area contributed by atoms with Crippen molar-refractivity contribution in [1.29, 1.82) is 0 Å². The predicted molar refractivity (Wildman–Crippen MR) is 128 cm³/mol. The Balaban J connectivity index is 1.16. The van der Waals surface area contributed by atoms with Gasteiger partial charge in [0.2, 0.25) is 0 Å². The SMILES string of the molecule is C[C@@H](NSCC/C=C/Cc1cc(O)c2c(c1)COC(=O)N2)c1cccc(OCC2CC2)c1. The number of ether oxygens (including phenoxy) is 2. The Bertz CT molecular complexity index is 974. The summed E-state index contributed by atoms with van der Waals surface area (Å²) in [5.74, 6) is 2.76. The molecule has 32 heavy (non-hydrogen) atoms. The number of nitrogens with one attached hydrogen (secondary N) is 2. The Morgan fingerprint density at radius 1 is 1.31 bits per heavy atom. The van der Waals surface area contributed by atoms with Crippen molar-refractivity contribution in [2.24, 2.45) is 5.92 Å². The number of fused-ring (bicyclic) bond motifs is 1. The van der Waals surface area contributed by atoms with E-state index in [4.69, 9.17) is 9.47 Å². The Hall–Kier alpha value is -2.64. The van der Waals surface area contributed by atoms with Crippen molar-refractivity contribution in [3.8, 4) is 11.5 Å². The van der Waals surface area contributed by atoms with E-state index >= 15 is 0 Å². The van der Waals surface area contributed by atoms with Crippen LogP contribution in [0.5, 0.6) is 11.5 Å². The van der Waals surface area contributed by atoms with E-state index in [1.807, 2.05) is 12.1 Å². The minimum atomic E-state index is -0.532. The van der Waals surface area contributed by atoms with Gasteiger partial charge in [0.15, 0.2) is 0 Å². The first kappa shape index (κ1) is 22.6. The number of aromatic hydroxyl groups is 1. The number of hydrogen-bond donors (Lipinski definition) is 3. The summed E-state index contributed by atoms with van der Waals surface area (Å²) < 4.78 is 14.4. The number of cyclic esters (lactones) is 1. The number of carbonyl (C=O) groups is 1. The van der Waals surface area contributed by atoms with Gasteiger partial charge >= 0.3 is 6.09 Å². The van der Waals surface area contributed by atoms with Gasteiger partial charge in [0.05, 0.1) is 12.3 Å². The van der Waals surface area contributed by atoms with E-state index in [0.717, 1.165) is 48.0 Å². The lowest BCUT2D eigenvalue weighted by Gasteiger charge is -2.19. The van der Waals surface area contributed by atoms with Crippen LogP contribution >= 0.6 is 11.9 Å². The maximum absolute atomic E-state index is 11.3. The highest BCUT2D eigenvalue weighted by Crippen LogP contribution is 2.33. The van der Waals surface area contributed by atoms with Gasteiger partial charge in [-0.1, -0.05) is 36.2 Å². The summed E-state index contributed by atoms with van der Waals surface area (Å²) in [5.41, 5.74) is 3.46. The Morgan fingerprint density at radius 2 is 2.19 bits per heavy atom. The lowest BCUT2D eigenvalue weighted by Crippen LogP contribution is -2.20. The molecule has 1 heterocycles. The first-order valence-electron chi connectivity index (χ1n) is 11.1. The number of hydrogen-bond acceptors (Lipinski definition) is 6. The van der Waals surface area contributed by atoms with Crippen LogP contribution in [0.3, 0.4) is 0 Å². The van der Waals surface area contributed by atoms with Gasteiger partial charge in [-0.25, -0.2) is 4.79 Å². The number of carbonyl (C=O) groups excluding carboxylic acids is 1. The predicted octanol–water partition coefficient (Wildman–Crippen LogP) is 5.73. The molecule has 2 aromatic carbocycles. The highest BCUT2D eigenvalue weighted by molar-refractivity contribution is 7.97. The smallest absolute Gasteiger partial charge is 0.412 e. The van der Waals surface area contributed by atoms with Crippen LogP contribution in [0.2, 0.25) is 0 Å². The zero-order valence-electron chi connectivity index (χ0n) is 18.3. The van der Waals surface area contributed by atoms with Crippen LogP contribution in [-0.4, -0.2) is 23.6 Å². The van der Waals surface area contributed by atoms with Crippen molar-refractivity contribution in [2.45, 2.75) is 45.3 Å². The molecule has 6 nitrogen and oxygen atoms in total. The molecule has 0 saturated heterocycles. The van der Waals surface area contributed by atoms with Crippen molar-refractivity contribution in [3.63, 3.8) is 0 Å². The average molecular weight is 455 g/mol. The normalized spacial score (nSPS) is 16.3. The molecule has 2 aromatic rings. The van der Waals surface area contributed by atoms with Crippen molar-refractivity contribution in [1.82, 2.24) is 4.72 Å². The first-order valence-corrected chi connectivity index (χ1v) is 12.1. The molecule has 0 radical (unpaired) electrons. The highest BCUT2D eigenvalue weighted by Gasteiger charge is 2.22. The molecule has 0 unspecified atom stereocenters. The fraction of sp³-hybridized carbons (Fsp3) is 0.400. The lowest BCUT2D eigenvalue weighted by atomic mass is 10.0. The maximum atomic E-state index is 11.3. The van der Waals surface area contributed by atoms with Gasteiger partial charge in [-0.05, 0) is 73.9 Å². The zero-order chi connectivity index (χ0) is 22.3. The molecule has 1 aliphatic heterocycles. The molecule has 2 aliphatic rings. The minimum absolute atomic E-state index is 0.0818. The number of benzene rings is 2. The molecule has 1 atom stereocenters. The molecule has 0 bridgehead atoms. The third-order valence-electron chi connectivity index (χ3n) is 5.55. The van der Waals surface area contributed by atoms with E-state index in [2.05, 4.69) is 47.3 Å². The fourth-order valence-corrected chi connectivity index (χ4v) is 4.25. The molecule has 1 amide bonds. The topological polar surface area (TPSA) is 79.8 Å². The van der Waals surface area contributed by atoms with Crippen molar-refractivity contribution >= 4 is 23.7 Å². The van der Waals surface area contributed by atoms with Crippen LogP contribution in [0.4, 0.5) is 10.5 Å². The molecule has 170 valence electrons. The monoisotopic (exact) mass is 454 g/mol. The van der Waals surface area contributed by atoms with Crippen LogP contribution in [0.25, 0.3) is 0 Å². The number of phenols is 1. The molecule has 1 aliphatic carbocycles. The quantitative estimate of drug-likeness (QED) is 0.174. The van der Waals surface area contributed by atoms with Gasteiger partial charge < -0.3 is 14.6 Å². The molecule has 4 rings (SSSR count). The summed E-state index contributed by atoms with van der Waals surface area (Å²) in [6.45, 7) is 3.18. The number of anilines is 1. The summed E-state index contributed by atoms with van der Waals surface area (Å²) in [4.78, 5) is 11.3. The van der Waals surface area contributed by atoms with Gasteiger partial charge in [-0.15, -0.1) is 0 Å². The fourth-order valence-electron chi connectivity index (χ4n) is 3.50. The highest BCUT2D eigenvalue weighted by atomic mass is 32.2. The summed E-state index contributed by atoms with van der Waals surface area (Å²) in [6, 6.07) is 12.2. The number of allylic oxidation sites excluding steroid dienone is 2. The van der Waals surface area contributed by atoms with Crippen LogP contribution in [0.15, 0.2) is 48.6 Å². The van der Waals surface area contributed by atoms with E-state index in [-0.39, 0.29) is 18.4 Å². The molecular weight excluding hydrogens is 424 g/mol. The Labute approximate surface area is 193 Å². The third kappa shape index (κ3) is 6.43. The van der Waals surface area contributed by atoms with Crippen LogP contribution in [0, 0.1) is 5.92 Å². The van der Waals surface area contributed by atoms with Gasteiger partial charge in [0.1, 0.15) is 18.1 Å². The van der Waals surface area contributed by atoms with E-state index in [1.165, 1.54) is 18.4 Å². The molecule has 1 fully saturated rings. The second-order valence-corrected chi connectivity index (χ2v) is 9.26. The number of phenolic OH excluding ortho intramolecular Hbond substituents is 1. The van der Waals surface area contributed by atoms with Gasteiger partial charge in [-0.3, -0.25) is 10.0 Å². The Morgan fingerprint density at radius 3 is 3.03 bits per heavy atom. The minimum Gasteiger partial charge on any atom is -0.506 e. The second kappa shape index (κ2) is 10.8. The van der Waals surface area contributed by atoms with Crippen molar-refractivity contribution in [2.75, 3.05) is 17.7 Å². The average Bonchev–Trinajstić information content (AvgIpc) is 3.62. The van der Waals surface area contributed by atoms with E-state index < -0.39 is 6.09 Å².